The smallest absolute Gasteiger partial charge is 0.266 e. The molecule has 0 radical (unpaired) electrons. The number of nitrogens with one attached hydrogen (secondary N) is 2. The molecule has 8 nitrogen and oxygen atoms in total. The first-order valence-electron chi connectivity index (χ1n) is 9.16. The van der Waals surface area contributed by atoms with Crippen LogP contribution in [0.25, 0.3) is 0 Å². The van der Waals surface area contributed by atoms with Gasteiger partial charge < -0.3 is 16.8 Å². The summed E-state index contributed by atoms with van der Waals surface area (Å²) in [6.45, 7) is 4.71. The number of benzene rings is 1. The second kappa shape index (κ2) is 10.2. The molecule has 0 aliphatic carbocycles. The topological polar surface area (TPSA) is 136 Å². The molecule has 2 unspecified atom stereocenters. The summed E-state index contributed by atoms with van der Waals surface area (Å²) in [5, 5.41) is 2.80. The van der Waals surface area contributed by atoms with Crippen LogP contribution in [0.1, 0.15) is 26.7 Å². The molecular formula is C17H26F2N6O2S2. The van der Waals surface area contributed by atoms with Crippen molar-refractivity contribution in [3.05, 3.63) is 30.1 Å². The molecule has 29 heavy (non-hydrogen) atoms. The standard InChI is InChI=1S/C17H26F2N6O2S2/c1-3-11(7-20)4-12(10(2)21)8-22-15-5-14(19)16(6-13(15)18)29(26,27)25-17-23-9-24-28-17/h5-6,9-12,22H,3-4,7-8,20-21H2,1-2H3,(H,23,24,25)/t10-,11?,12?/m1/s1. The first-order valence-corrected chi connectivity index (χ1v) is 11.4. The van der Waals surface area contributed by atoms with Crippen molar-refractivity contribution in [3.8, 4) is 0 Å². The molecule has 162 valence electrons. The summed E-state index contributed by atoms with van der Waals surface area (Å²) in [6, 6.07) is 1.28. The lowest BCUT2D eigenvalue weighted by Crippen LogP contribution is -2.35. The SMILES string of the molecule is CCC(CN)CC(CNc1cc(F)c(S(=O)(=O)Nc2ncns2)cc1F)[C@@H](C)N. The van der Waals surface area contributed by atoms with E-state index in [1.807, 2.05) is 13.8 Å². The molecule has 0 saturated carbocycles. The van der Waals surface area contributed by atoms with Crippen molar-refractivity contribution in [2.45, 2.75) is 37.6 Å². The molecule has 0 fully saturated rings. The van der Waals surface area contributed by atoms with Crippen molar-refractivity contribution < 1.29 is 17.2 Å². The third-order valence-corrected chi connectivity index (χ3v) is 6.80. The molecule has 1 heterocycles. The zero-order valence-electron chi connectivity index (χ0n) is 16.2. The fourth-order valence-corrected chi connectivity index (χ4v) is 4.57. The quantitative estimate of drug-likeness (QED) is 0.414. The Balaban J connectivity index is 2.16. The van der Waals surface area contributed by atoms with Gasteiger partial charge in [0.25, 0.3) is 10.0 Å². The number of anilines is 2. The van der Waals surface area contributed by atoms with Crippen LogP contribution in [-0.4, -0.2) is 36.9 Å². The van der Waals surface area contributed by atoms with Gasteiger partial charge in [0, 0.05) is 30.2 Å². The highest BCUT2D eigenvalue weighted by atomic mass is 32.2. The number of aromatic nitrogens is 2. The maximum Gasteiger partial charge on any atom is 0.266 e. The van der Waals surface area contributed by atoms with E-state index in [1.54, 1.807) is 0 Å². The zero-order valence-corrected chi connectivity index (χ0v) is 17.9. The fraction of sp³-hybridized carbons (Fsp3) is 0.529. The Morgan fingerprint density at radius 3 is 2.55 bits per heavy atom. The Morgan fingerprint density at radius 2 is 2.00 bits per heavy atom. The Kier molecular flexibility index (Phi) is 8.25. The second-order valence-corrected chi connectivity index (χ2v) is 9.29. The van der Waals surface area contributed by atoms with E-state index in [4.69, 9.17) is 11.5 Å². The van der Waals surface area contributed by atoms with Gasteiger partial charge >= 0.3 is 0 Å². The average Bonchev–Trinajstić information content (AvgIpc) is 3.16. The van der Waals surface area contributed by atoms with E-state index in [0.29, 0.717) is 19.2 Å². The minimum atomic E-state index is -4.34. The number of nitrogens with zero attached hydrogens (tertiary/aromatic N) is 2. The van der Waals surface area contributed by atoms with Gasteiger partial charge in [0.1, 0.15) is 22.9 Å². The van der Waals surface area contributed by atoms with Crippen LogP contribution < -0.4 is 21.5 Å². The summed E-state index contributed by atoms with van der Waals surface area (Å²) >= 11 is 0.779. The first kappa shape index (κ1) is 23.4. The van der Waals surface area contributed by atoms with E-state index in [1.165, 1.54) is 0 Å². The van der Waals surface area contributed by atoms with Gasteiger partial charge in [-0.15, -0.1) is 0 Å². The third kappa shape index (κ3) is 6.29. The molecule has 1 aromatic carbocycles. The van der Waals surface area contributed by atoms with E-state index >= 15 is 0 Å². The van der Waals surface area contributed by atoms with Crippen molar-refractivity contribution in [2.24, 2.45) is 23.3 Å². The van der Waals surface area contributed by atoms with Crippen LogP contribution in [0.2, 0.25) is 0 Å². The van der Waals surface area contributed by atoms with Crippen LogP contribution >= 0.6 is 11.5 Å². The molecule has 2 rings (SSSR count). The largest absolute Gasteiger partial charge is 0.382 e. The first-order chi connectivity index (χ1) is 13.7. The summed E-state index contributed by atoms with van der Waals surface area (Å²) in [5.74, 6) is -1.70. The molecule has 0 aliphatic rings. The number of hydrogen-bond donors (Lipinski definition) is 4. The molecule has 0 amide bonds. The molecule has 1 aromatic heterocycles. The summed E-state index contributed by atoms with van der Waals surface area (Å²) in [6.07, 6.45) is 2.80. The van der Waals surface area contributed by atoms with Crippen molar-refractivity contribution in [1.82, 2.24) is 9.36 Å². The summed E-state index contributed by atoms with van der Waals surface area (Å²) in [4.78, 5) is 2.86. The van der Waals surface area contributed by atoms with Crippen LogP contribution in [0, 0.1) is 23.5 Å². The Morgan fingerprint density at radius 1 is 1.28 bits per heavy atom. The lowest BCUT2D eigenvalue weighted by Gasteiger charge is -2.26. The third-order valence-electron chi connectivity index (χ3n) is 4.74. The van der Waals surface area contributed by atoms with Crippen LogP contribution in [0.3, 0.4) is 0 Å². The molecule has 3 atom stereocenters. The van der Waals surface area contributed by atoms with Gasteiger partial charge in [-0.3, -0.25) is 4.72 Å². The molecule has 0 saturated heterocycles. The highest BCUT2D eigenvalue weighted by molar-refractivity contribution is 7.93. The highest BCUT2D eigenvalue weighted by Gasteiger charge is 2.24. The van der Waals surface area contributed by atoms with Gasteiger partial charge in [-0.2, -0.15) is 4.37 Å². The van der Waals surface area contributed by atoms with Crippen molar-refractivity contribution in [3.63, 3.8) is 0 Å². The van der Waals surface area contributed by atoms with Crippen LogP contribution in [0.5, 0.6) is 0 Å². The van der Waals surface area contributed by atoms with Crippen LogP contribution in [-0.2, 0) is 10.0 Å². The van der Waals surface area contributed by atoms with E-state index in [2.05, 4.69) is 19.4 Å². The maximum atomic E-state index is 14.5. The van der Waals surface area contributed by atoms with E-state index in [0.717, 1.165) is 36.8 Å². The monoisotopic (exact) mass is 448 g/mol. The molecule has 0 aliphatic heterocycles. The number of hydrogen-bond acceptors (Lipinski definition) is 8. The Bertz CT molecular complexity index is 890. The van der Waals surface area contributed by atoms with E-state index in [9.17, 15) is 17.2 Å². The lowest BCUT2D eigenvalue weighted by molar-refractivity contribution is 0.341. The zero-order chi connectivity index (χ0) is 21.6. The van der Waals surface area contributed by atoms with Gasteiger partial charge in [-0.25, -0.2) is 22.2 Å². The molecule has 6 N–H and O–H groups in total. The number of rotatable bonds is 11. The maximum absolute atomic E-state index is 14.5. The van der Waals surface area contributed by atoms with Gasteiger partial charge in [-0.1, -0.05) is 13.3 Å². The van der Waals surface area contributed by atoms with Crippen LogP contribution in [0.4, 0.5) is 19.6 Å². The van der Waals surface area contributed by atoms with Crippen molar-refractivity contribution >= 4 is 32.4 Å². The summed E-state index contributed by atoms with van der Waals surface area (Å²) in [7, 11) is -4.34. The molecular weight excluding hydrogens is 422 g/mol. The average molecular weight is 449 g/mol. The molecule has 12 heteroatoms. The molecule has 2 aromatic rings. The number of sulfonamides is 1. The molecule has 0 bridgehead atoms. The normalized spacial score (nSPS) is 15.0. The fourth-order valence-electron chi connectivity index (χ4n) is 2.84. The van der Waals surface area contributed by atoms with E-state index in [-0.39, 0.29) is 28.7 Å². The minimum Gasteiger partial charge on any atom is -0.382 e. The Hall–Kier alpha value is -1.89. The van der Waals surface area contributed by atoms with Crippen molar-refractivity contribution in [1.29, 1.82) is 0 Å². The van der Waals surface area contributed by atoms with E-state index < -0.39 is 26.6 Å². The summed E-state index contributed by atoms with van der Waals surface area (Å²) < 4.78 is 59.3. The van der Waals surface area contributed by atoms with Gasteiger partial charge in [0.2, 0.25) is 5.13 Å². The van der Waals surface area contributed by atoms with Crippen LogP contribution in [0.15, 0.2) is 23.4 Å². The molecule has 0 spiro atoms. The second-order valence-electron chi connectivity index (χ2n) is 6.86. The van der Waals surface area contributed by atoms with Gasteiger partial charge in [-0.05, 0) is 37.8 Å². The van der Waals surface area contributed by atoms with Crippen molar-refractivity contribution in [2.75, 3.05) is 23.1 Å². The number of halogens is 2. The predicted octanol–water partition coefficient (Wildman–Crippen LogP) is 2.37. The van der Waals surface area contributed by atoms with Gasteiger partial charge in [0.05, 0.1) is 5.69 Å². The number of nitrogens with two attached hydrogens (primary N) is 2. The predicted molar refractivity (Wildman–Crippen MR) is 110 cm³/mol. The lowest BCUT2D eigenvalue weighted by atomic mass is 9.88. The highest BCUT2D eigenvalue weighted by Crippen LogP contribution is 2.26. The summed E-state index contributed by atoms with van der Waals surface area (Å²) in [5.41, 5.74) is 11.6. The minimum absolute atomic E-state index is 0.00607. The van der Waals surface area contributed by atoms with Gasteiger partial charge in [0.15, 0.2) is 0 Å². The Labute approximate surface area is 173 Å².